The SMILES string of the molecule is C=CNN(C)CC(=O)N(C(N)CN(C)CCCC/C(C)=C/C=C(/C)CC)C(C=O)C(C)C. The zero-order chi connectivity index (χ0) is 24.7. The van der Waals surface area contributed by atoms with Gasteiger partial charge in [0, 0.05) is 19.8 Å². The molecule has 7 nitrogen and oxygen atoms in total. The summed E-state index contributed by atoms with van der Waals surface area (Å²) < 4.78 is 0. The minimum absolute atomic E-state index is 0.0226. The molecule has 0 rings (SSSR count). The highest BCUT2D eigenvalue weighted by Crippen LogP contribution is 2.13. The number of rotatable bonds is 17. The van der Waals surface area contributed by atoms with Crippen LogP contribution in [0.3, 0.4) is 0 Å². The molecule has 0 aromatic carbocycles. The van der Waals surface area contributed by atoms with Crippen LogP contribution in [0.25, 0.3) is 0 Å². The largest absolute Gasteiger partial charge is 0.327 e. The molecule has 0 fully saturated rings. The van der Waals surface area contributed by atoms with E-state index in [4.69, 9.17) is 5.73 Å². The molecule has 0 aliphatic heterocycles. The van der Waals surface area contributed by atoms with E-state index in [0.29, 0.717) is 6.54 Å². The Labute approximate surface area is 196 Å². The first kappa shape index (κ1) is 30.0. The maximum atomic E-state index is 13.0. The van der Waals surface area contributed by atoms with Crippen LogP contribution in [0, 0.1) is 5.92 Å². The van der Waals surface area contributed by atoms with Gasteiger partial charge in [-0.2, -0.15) is 0 Å². The highest BCUT2D eigenvalue weighted by Gasteiger charge is 2.31. The van der Waals surface area contributed by atoms with E-state index in [-0.39, 0.29) is 18.4 Å². The molecule has 2 atom stereocenters. The molecule has 3 N–H and O–H groups in total. The van der Waals surface area contributed by atoms with Gasteiger partial charge in [0.05, 0.1) is 18.8 Å². The highest BCUT2D eigenvalue weighted by atomic mass is 16.2. The second-order valence-electron chi connectivity index (χ2n) is 9.03. The predicted octanol–water partition coefficient (Wildman–Crippen LogP) is 3.31. The summed E-state index contributed by atoms with van der Waals surface area (Å²) in [7, 11) is 3.76. The average Bonchev–Trinajstić information content (AvgIpc) is 2.72. The number of nitrogens with two attached hydrogens (primary N) is 1. The predicted molar refractivity (Wildman–Crippen MR) is 135 cm³/mol. The van der Waals surface area contributed by atoms with Gasteiger partial charge < -0.3 is 25.8 Å². The van der Waals surface area contributed by atoms with Crippen LogP contribution in [0.4, 0.5) is 0 Å². The number of amides is 1. The summed E-state index contributed by atoms with van der Waals surface area (Å²) in [5, 5.41) is 1.62. The van der Waals surface area contributed by atoms with E-state index in [2.05, 4.69) is 49.8 Å². The fraction of sp³-hybridized carbons (Fsp3) is 0.680. The van der Waals surface area contributed by atoms with Crippen molar-refractivity contribution in [3.8, 4) is 0 Å². The van der Waals surface area contributed by atoms with Crippen LogP contribution < -0.4 is 11.2 Å². The van der Waals surface area contributed by atoms with Crippen LogP contribution in [-0.4, -0.2) is 72.9 Å². The Hall–Kier alpha value is -1.96. The number of hydrogen-bond acceptors (Lipinski definition) is 6. The van der Waals surface area contributed by atoms with Crippen LogP contribution in [0.2, 0.25) is 0 Å². The summed E-state index contributed by atoms with van der Waals surface area (Å²) in [5.74, 6) is -0.213. The number of hydrazine groups is 1. The molecule has 1 amide bonds. The summed E-state index contributed by atoms with van der Waals surface area (Å²) in [6, 6.07) is -0.560. The van der Waals surface area contributed by atoms with Crippen LogP contribution in [0.1, 0.15) is 60.3 Å². The lowest BCUT2D eigenvalue weighted by atomic mass is 10.0. The van der Waals surface area contributed by atoms with Crippen molar-refractivity contribution in [2.75, 3.05) is 33.7 Å². The van der Waals surface area contributed by atoms with Gasteiger partial charge in [0.2, 0.25) is 5.91 Å². The summed E-state index contributed by atoms with van der Waals surface area (Å²) in [5.41, 5.74) is 12.1. The van der Waals surface area contributed by atoms with E-state index in [1.54, 1.807) is 12.1 Å². The molecule has 0 aromatic rings. The van der Waals surface area contributed by atoms with Crippen molar-refractivity contribution in [2.45, 2.75) is 72.5 Å². The van der Waals surface area contributed by atoms with E-state index < -0.39 is 12.2 Å². The van der Waals surface area contributed by atoms with Crippen molar-refractivity contribution in [2.24, 2.45) is 11.7 Å². The number of hydrogen-bond donors (Lipinski definition) is 2. The molecular formula is C25H47N5O2. The Morgan fingerprint density at radius 1 is 1.12 bits per heavy atom. The molecule has 0 aliphatic rings. The van der Waals surface area contributed by atoms with E-state index in [1.807, 2.05) is 20.9 Å². The van der Waals surface area contributed by atoms with Gasteiger partial charge in [-0.15, -0.1) is 0 Å². The molecule has 0 radical (unpaired) electrons. The first-order valence-corrected chi connectivity index (χ1v) is 11.7. The molecule has 0 saturated heterocycles. The lowest BCUT2D eigenvalue weighted by molar-refractivity contribution is -0.142. The molecule has 32 heavy (non-hydrogen) atoms. The zero-order valence-electron chi connectivity index (χ0n) is 21.4. The van der Waals surface area contributed by atoms with Crippen molar-refractivity contribution in [1.29, 1.82) is 0 Å². The fourth-order valence-electron chi connectivity index (χ4n) is 3.37. The number of allylic oxidation sites excluding steroid dienone is 4. The Balaban J connectivity index is 4.87. The Kier molecular flexibility index (Phi) is 15.6. The molecule has 0 bridgehead atoms. The number of likely N-dealkylation sites (N-methyl/N-ethyl adjacent to an activating group) is 2. The summed E-state index contributed by atoms with van der Waals surface area (Å²) in [6.07, 6.45) is 10.5. The van der Waals surface area contributed by atoms with Gasteiger partial charge in [-0.25, -0.2) is 5.01 Å². The zero-order valence-corrected chi connectivity index (χ0v) is 21.4. The lowest BCUT2D eigenvalue weighted by Crippen LogP contribution is -2.59. The normalized spacial score (nSPS) is 14.6. The van der Waals surface area contributed by atoms with E-state index >= 15 is 0 Å². The quantitative estimate of drug-likeness (QED) is 0.117. The average molecular weight is 450 g/mol. The number of nitrogens with one attached hydrogen (secondary N) is 1. The Morgan fingerprint density at radius 3 is 2.28 bits per heavy atom. The summed E-state index contributed by atoms with van der Waals surface area (Å²) in [4.78, 5) is 28.4. The van der Waals surface area contributed by atoms with Crippen LogP contribution in [-0.2, 0) is 9.59 Å². The fourth-order valence-corrected chi connectivity index (χ4v) is 3.37. The lowest BCUT2D eigenvalue weighted by Gasteiger charge is -2.38. The van der Waals surface area contributed by atoms with Gasteiger partial charge in [-0.3, -0.25) is 4.79 Å². The molecule has 0 saturated carbocycles. The second-order valence-corrected chi connectivity index (χ2v) is 9.03. The third kappa shape index (κ3) is 12.2. The second kappa shape index (κ2) is 16.6. The summed E-state index contributed by atoms with van der Waals surface area (Å²) >= 11 is 0. The molecular weight excluding hydrogens is 402 g/mol. The molecule has 0 heterocycles. The van der Waals surface area contributed by atoms with Gasteiger partial charge in [-0.1, -0.05) is 50.6 Å². The minimum Gasteiger partial charge on any atom is -0.327 e. The molecule has 0 spiro atoms. The smallest absolute Gasteiger partial charge is 0.240 e. The molecule has 0 aromatic heterocycles. The molecule has 184 valence electrons. The molecule has 0 aliphatic carbocycles. The van der Waals surface area contributed by atoms with E-state index in [0.717, 1.165) is 38.5 Å². The third-order valence-corrected chi connectivity index (χ3v) is 5.54. The van der Waals surface area contributed by atoms with Crippen molar-refractivity contribution in [3.05, 3.63) is 36.1 Å². The maximum absolute atomic E-state index is 13.0. The van der Waals surface area contributed by atoms with Crippen molar-refractivity contribution < 1.29 is 9.59 Å². The summed E-state index contributed by atoms with van der Waals surface area (Å²) in [6.45, 7) is 15.4. The van der Waals surface area contributed by atoms with Crippen LogP contribution >= 0.6 is 0 Å². The molecule has 7 heteroatoms. The molecule has 2 unspecified atom stereocenters. The number of unbranched alkanes of at least 4 members (excludes halogenated alkanes) is 1. The number of carbonyl (C=O) groups excluding carboxylic acids is 2. The maximum Gasteiger partial charge on any atom is 0.240 e. The highest BCUT2D eigenvalue weighted by molar-refractivity contribution is 5.82. The van der Waals surface area contributed by atoms with Gasteiger partial charge in [0.25, 0.3) is 0 Å². The Bertz CT molecular complexity index is 630. The number of nitrogens with zero attached hydrogens (tertiary/aromatic N) is 3. The van der Waals surface area contributed by atoms with E-state index in [9.17, 15) is 9.59 Å². The first-order chi connectivity index (χ1) is 15.1. The van der Waals surface area contributed by atoms with Crippen LogP contribution in [0.5, 0.6) is 0 Å². The van der Waals surface area contributed by atoms with Crippen molar-refractivity contribution in [1.82, 2.24) is 20.2 Å². The number of aldehydes is 1. The van der Waals surface area contributed by atoms with Crippen molar-refractivity contribution in [3.63, 3.8) is 0 Å². The van der Waals surface area contributed by atoms with Crippen molar-refractivity contribution >= 4 is 12.2 Å². The van der Waals surface area contributed by atoms with Gasteiger partial charge in [0.15, 0.2) is 0 Å². The standard InChI is InChI=1S/C25H47N5O2/c1-9-21(5)14-15-22(6)13-11-12-16-28(7)17-24(26)30(23(19-31)20(3)4)25(32)18-29(8)27-10-2/h10,14-15,19-20,23-24,27H,2,9,11-13,16-18,26H2,1,3-8H3/b21-14-,22-15+. The minimum atomic E-state index is -0.564. The third-order valence-electron chi connectivity index (χ3n) is 5.54. The monoisotopic (exact) mass is 449 g/mol. The number of carbonyl (C=O) groups is 2. The Morgan fingerprint density at radius 2 is 1.75 bits per heavy atom. The van der Waals surface area contributed by atoms with Crippen LogP contribution in [0.15, 0.2) is 36.1 Å². The van der Waals surface area contributed by atoms with Gasteiger partial charge in [-0.05, 0) is 59.0 Å². The van der Waals surface area contributed by atoms with Gasteiger partial charge in [0.1, 0.15) is 6.29 Å². The first-order valence-electron chi connectivity index (χ1n) is 11.7. The topological polar surface area (TPSA) is 81.9 Å². The van der Waals surface area contributed by atoms with Gasteiger partial charge >= 0.3 is 0 Å². The van der Waals surface area contributed by atoms with E-state index in [1.165, 1.54) is 22.2 Å².